The molecule has 0 fully saturated rings. The van der Waals surface area contributed by atoms with Crippen LogP contribution in [0.3, 0.4) is 0 Å². The van der Waals surface area contributed by atoms with E-state index in [0.29, 0.717) is 5.69 Å². The molecule has 8 nitrogen and oxygen atoms in total. The molecule has 0 saturated heterocycles. The Hall–Kier alpha value is -2.35. The summed E-state index contributed by atoms with van der Waals surface area (Å²) in [5, 5.41) is 27.5. The van der Waals surface area contributed by atoms with E-state index in [1.54, 1.807) is 18.9 Å². The zero-order valence-electron chi connectivity index (χ0n) is 12.5. The van der Waals surface area contributed by atoms with Crippen molar-refractivity contribution >= 4 is 11.9 Å². The summed E-state index contributed by atoms with van der Waals surface area (Å²) < 4.78 is 1.34. The van der Waals surface area contributed by atoms with E-state index < -0.39 is 29.2 Å². The van der Waals surface area contributed by atoms with Gasteiger partial charge in [-0.25, -0.2) is 4.79 Å². The Morgan fingerprint density at radius 2 is 2.00 bits per heavy atom. The highest BCUT2D eigenvalue weighted by molar-refractivity contribution is 5.72. The number of nitrogens with zero attached hydrogens (tertiary/aromatic N) is 2. The van der Waals surface area contributed by atoms with Gasteiger partial charge >= 0.3 is 11.9 Å². The van der Waals surface area contributed by atoms with Crippen molar-refractivity contribution in [2.75, 3.05) is 13.6 Å². The monoisotopic (exact) mass is 312 g/mol. The molecular formula is C14H20N2O6. The van der Waals surface area contributed by atoms with Crippen LogP contribution in [0.25, 0.3) is 0 Å². The van der Waals surface area contributed by atoms with Crippen molar-refractivity contribution in [1.29, 1.82) is 0 Å². The van der Waals surface area contributed by atoms with E-state index in [9.17, 15) is 24.6 Å². The third-order valence-corrected chi connectivity index (χ3v) is 3.29. The number of carboxylic acid groups (broad SMARTS) is 2. The van der Waals surface area contributed by atoms with E-state index in [0.717, 1.165) is 6.20 Å². The molecule has 0 saturated carbocycles. The second-order valence-corrected chi connectivity index (χ2v) is 5.07. The Bertz CT molecular complexity index is 610. The fraction of sp³-hybridized carbons (Fsp3) is 0.500. The van der Waals surface area contributed by atoms with Crippen LogP contribution in [-0.2, 0) is 16.1 Å². The summed E-state index contributed by atoms with van der Waals surface area (Å²) >= 11 is 0. The number of carboxylic acids is 2. The number of carbonyl (C=O) groups is 2. The number of rotatable bonds is 8. The molecule has 0 aliphatic rings. The largest absolute Gasteiger partial charge is 0.503 e. The first-order valence-corrected chi connectivity index (χ1v) is 6.83. The lowest BCUT2D eigenvalue weighted by Gasteiger charge is -2.23. The van der Waals surface area contributed by atoms with Gasteiger partial charge < -0.3 is 24.8 Å². The van der Waals surface area contributed by atoms with Gasteiger partial charge in [-0.15, -0.1) is 0 Å². The molecule has 22 heavy (non-hydrogen) atoms. The average Bonchev–Trinajstić information content (AvgIpc) is 2.42. The minimum absolute atomic E-state index is 0.0606. The van der Waals surface area contributed by atoms with Gasteiger partial charge in [-0.2, -0.15) is 0 Å². The van der Waals surface area contributed by atoms with Gasteiger partial charge in [0, 0.05) is 24.8 Å². The van der Waals surface area contributed by atoms with Gasteiger partial charge in [-0.05, 0) is 13.5 Å². The van der Waals surface area contributed by atoms with Crippen molar-refractivity contribution in [2.45, 2.75) is 32.4 Å². The van der Waals surface area contributed by atoms with E-state index in [4.69, 9.17) is 5.11 Å². The molecule has 1 heterocycles. The molecule has 1 atom stereocenters. The van der Waals surface area contributed by atoms with Gasteiger partial charge in [-0.1, -0.05) is 6.92 Å². The van der Waals surface area contributed by atoms with Crippen molar-refractivity contribution in [3.63, 3.8) is 0 Å². The first-order chi connectivity index (χ1) is 10.3. The molecule has 0 aromatic carbocycles. The van der Waals surface area contributed by atoms with Crippen LogP contribution in [0, 0.1) is 0 Å². The van der Waals surface area contributed by atoms with Crippen LogP contribution in [0.4, 0.5) is 0 Å². The number of hydrogen-bond acceptors (Lipinski definition) is 5. The van der Waals surface area contributed by atoms with Crippen LogP contribution in [0.15, 0.2) is 17.1 Å². The minimum Gasteiger partial charge on any atom is -0.503 e. The van der Waals surface area contributed by atoms with Crippen LogP contribution in [0.5, 0.6) is 5.75 Å². The lowest BCUT2D eigenvalue weighted by molar-refractivity contribution is -0.141. The van der Waals surface area contributed by atoms with Gasteiger partial charge in [0.25, 0.3) is 0 Å². The van der Waals surface area contributed by atoms with E-state index in [1.807, 2.05) is 0 Å². The molecule has 0 bridgehead atoms. The van der Waals surface area contributed by atoms with E-state index in [-0.39, 0.29) is 25.9 Å². The topological polar surface area (TPSA) is 120 Å². The minimum atomic E-state index is -1.07. The molecule has 0 spiro atoms. The second kappa shape index (κ2) is 7.60. The highest BCUT2D eigenvalue weighted by Crippen LogP contribution is 2.18. The molecule has 3 N–H and O–H groups in total. The van der Waals surface area contributed by atoms with Crippen molar-refractivity contribution < 1.29 is 24.9 Å². The molecule has 122 valence electrons. The summed E-state index contributed by atoms with van der Waals surface area (Å²) in [6.07, 6.45) is 1.34. The fourth-order valence-corrected chi connectivity index (χ4v) is 2.13. The molecule has 1 unspecified atom stereocenters. The lowest BCUT2D eigenvalue weighted by atomic mass is 10.2. The molecule has 8 heteroatoms. The highest BCUT2D eigenvalue weighted by atomic mass is 16.4. The summed E-state index contributed by atoms with van der Waals surface area (Å²) in [6.45, 7) is 2.15. The van der Waals surface area contributed by atoms with Crippen LogP contribution in [0.2, 0.25) is 0 Å². The third-order valence-electron chi connectivity index (χ3n) is 3.29. The number of hydrogen-bond donors (Lipinski definition) is 3. The maximum Gasteiger partial charge on any atom is 0.326 e. The first kappa shape index (κ1) is 17.7. The molecule has 0 amide bonds. The van der Waals surface area contributed by atoms with Gasteiger partial charge in [0.05, 0.1) is 12.6 Å². The number of aromatic hydroxyl groups is 1. The third kappa shape index (κ3) is 4.59. The standard InChI is InChI=1S/C14H20N2O6/c1-3-10(14(21)22)16-8-12(18)11(17)6-9(16)7-15(2)5-4-13(19)20/h6,8,10,18H,3-5,7H2,1-2H3,(H,19,20)(H,21,22). The fourth-order valence-electron chi connectivity index (χ4n) is 2.13. The van der Waals surface area contributed by atoms with E-state index in [2.05, 4.69) is 0 Å². The smallest absolute Gasteiger partial charge is 0.326 e. The van der Waals surface area contributed by atoms with Gasteiger partial charge in [-0.3, -0.25) is 9.59 Å². The number of pyridine rings is 1. The molecule has 0 radical (unpaired) electrons. The summed E-state index contributed by atoms with van der Waals surface area (Å²) in [7, 11) is 1.67. The summed E-state index contributed by atoms with van der Waals surface area (Å²) in [5.41, 5.74) is -0.192. The van der Waals surface area contributed by atoms with Gasteiger partial charge in [0.2, 0.25) is 5.43 Å². The number of aliphatic carboxylic acids is 2. The average molecular weight is 312 g/mol. The molecular weight excluding hydrogens is 292 g/mol. The van der Waals surface area contributed by atoms with Crippen LogP contribution in [0.1, 0.15) is 31.5 Å². The van der Waals surface area contributed by atoms with E-state index in [1.165, 1.54) is 10.6 Å². The van der Waals surface area contributed by atoms with Crippen molar-refractivity contribution in [2.24, 2.45) is 0 Å². The SMILES string of the molecule is CCC(C(=O)O)n1cc(O)c(=O)cc1CN(C)CCC(=O)O. The normalized spacial score (nSPS) is 12.3. The van der Waals surface area contributed by atoms with Crippen LogP contribution >= 0.6 is 0 Å². The second-order valence-electron chi connectivity index (χ2n) is 5.07. The summed E-state index contributed by atoms with van der Waals surface area (Å²) in [6, 6.07) is 0.271. The molecule has 1 aromatic rings. The Morgan fingerprint density at radius 3 is 2.50 bits per heavy atom. The van der Waals surface area contributed by atoms with Crippen molar-refractivity contribution in [1.82, 2.24) is 9.47 Å². The van der Waals surface area contributed by atoms with E-state index >= 15 is 0 Å². The molecule has 1 rings (SSSR count). The molecule has 0 aliphatic heterocycles. The predicted octanol–water partition coefficient (Wildman–Crippen LogP) is 0.496. The van der Waals surface area contributed by atoms with Gasteiger partial charge in [0.15, 0.2) is 5.75 Å². The van der Waals surface area contributed by atoms with Gasteiger partial charge in [0.1, 0.15) is 6.04 Å². The Labute approximate surface area is 127 Å². The maximum absolute atomic E-state index is 11.6. The lowest BCUT2D eigenvalue weighted by Crippen LogP contribution is -2.28. The Kier molecular flexibility index (Phi) is 6.11. The zero-order chi connectivity index (χ0) is 16.9. The van der Waals surface area contributed by atoms with Crippen molar-refractivity contribution in [3.05, 3.63) is 28.2 Å². The molecule has 0 aliphatic carbocycles. The molecule has 1 aromatic heterocycles. The maximum atomic E-state index is 11.6. The Balaban J connectivity index is 3.11. The highest BCUT2D eigenvalue weighted by Gasteiger charge is 2.21. The first-order valence-electron chi connectivity index (χ1n) is 6.83. The van der Waals surface area contributed by atoms with Crippen LogP contribution in [-0.4, -0.2) is 50.3 Å². The quantitative estimate of drug-likeness (QED) is 0.639. The zero-order valence-corrected chi connectivity index (χ0v) is 12.5. The van der Waals surface area contributed by atoms with Crippen molar-refractivity contribution in [3.8, 4) is 5.75 Å². The summed E-state index contributed by atoms with van der Waals surface area (Å²) in [4.78, 5) is 35.2. The predicted molar refractivity (Wildman–Crippen MR) is 77.9 cm³/mol. The Morgan fingerprint density at radius 1 is 1.36 bits per heavy atom. The number of aromatic nitrogens is 1. The van der Waals surface area contributed by atoms with Crippen LogP contribution < -0.4 is 5.43 Å². The summed E-state index contributed by atoms with van der Waals surface area (Å²) in [5.74, 6) is -2.52.